The molecule has 0 aliphatic carbocycles. The fraction of sp³-hybridized carbons (Fsp3) is 0.235. The molecule has 1 fully saturated rings. The molecule has 1 saturated heterocycles. The van der Waals surface area contributed by atoms with E-state index in [1.54, 1.807) is 0 Å². The van der Waals surface area contributed by atoms with Gasteiger partial charge in [-0.1, -0.05) is 0 Å². The monoisotopic (exact) mass is 393 g/mol. The van der Waals surface area contributed by atoms with Gasteiger partial charge in [0.25, 0.3) is 11.8 Å². The molecule has 0 bridgehead atoms. The molecule has 0 N–H and O–H groups in total. The van der Waals surface area contributed by atoms with Crippen molar-refractivity contribution in [1.29, 1.82) is 0 Å². The molecule has 0 spiro atoms. The molecule has 3 rings (SSSR count). The lowest BCUT2D eigenvalue weighted by Gasteiger charge is -2.12. The summed E-state index contributed by atoms with van der Waals surface area (Å²) in [6.45, 7) is 0.776. The first kappa shape index (κ1) is 19.0. The predicted octanol–water partition coefficient (Wildman–Crippen LogP) is 1.05. The highest BCUT2D eigenvalue weighted by Crippen LogP contribution is 2.24. The lowest BCUT2D eigenvalue weighted by molar-refractivity contribution is -0.172. The highest BCUT2D eigenvalue weighted by atomic mass is 19.1. The Morgan fingerprint density at radius 2 is 1.86 bits per heavy atom. The van der Waals surface area contributed by atoms with Crippen LogP contribution in [0.4, 0.5) is 4.39 Å². The zero-order chi connectivity index (χ0) is 20.4. The van der Waals surface area contributed by atoms with Gasteiger partial charge in [0.2, 0.25) is 6.79 Å². The van der Waals surface area contributed by atoms with Gasteiger partial charge < -0.3 is 18.7 Å². The molecule has 0 unspecified atom stereocenters. The number of halogens is 1. The average molecular weight is 393 g/mol. The van der Waals surface area contributed by atoms with E-state index in [1.165, 1.54) is 19.1 Å². The van der Waals surface area contributed by atoms with Crippen LogP contribution < -0.4 is 10.4 Å². The van der Waals surface area contributed by atoms with Gasteiger partial charge in [-0.3, -0.25) is 14.4 Å². The van der Waals surface area contributed by atoms with Crippen LogP contribution in [-0.2, 0) is 24.0 Å². The molecule has 28 heavy (non-hydrogen) atoms. The Morgan fingerprint density at radius 1 is 1.18 bits per heavy atom. The number of esters is 1. The summed E-state index contributed by atoms with van der Waals surface area (Å²) in [7, 11) is 0. The molecule has 2 amide bonds. The van der Waals surface area contributed by atoms with E-state index in [0.29, 0.717) is 0 Å². The fourth-order valence-electron chi connectivity index (χ4n) is 2.37. The number of fused-ring (bicyclic) bond motifs is 1. The maximum Gasteiger partial charge on any atom is 0.374 e. The van der Waals surface area contributed by atoms with Gasteiger partial charge in [-0.2, -0.15) is 0 Å². The first-order chi connectivity index (χ1) is 13.3. The maximum atomic E-state index is 14.7. The summed E-state index contributed by atoms with van der Waals surface area (Å²) < 4.78 is 29.3. The van der Waals surface area contributed by atoms with Crippen molar-refractivity contribution in [2.45, 2.75) is 19.8 Å². The quantitative estimate of drug-likeness (QED) is 0.317. The van der Waals surface area contributed by atoms with E-state index in [4.69, 9.17) is 9.15 Å². The van der Waals surface area contributed by atoms with Crippen molar-refractivity contribution in [2.75, 3.05) is 6.79 Å². The first-order valence-corrected chi connectivity index (χ1v) is 7.88. The summed E-state index contributed by atoms with van der Waals surface area (Å²) in [6.07, 6.45) is -0.311. The van der Waals surface area contributed by atoms with Crippen LogP contribution in [0.5, 0.6) is 5.75 Å². The van der Waals surface area contributed by atoms with Gasteiger partial charge in [0.05, 0.1) is 5.39 Å². The molecule has 0 radical (unpaired) electrons. The predicted molar refractivity (Wildman–Crippen MR) is 86.2 cm³/mol. The second-order valence-electron chi connectivity index (χ2n) is 5.60. The van der Waals surface area contributed by atoms with Crippen LogP contribution in [0.3, 0.4) is 0 Å². The van der Waals surface area contributed by atoms with Gasteiger partial charge in [-0.15, -0.1) is 5.06 Å². The normalized spacial score (nSPS) is 13.7. The lowest BCUT2D eigenvalue weighted by atomic mass is 10.1. The van der Waals surface area contributed by atoms with Crippen molar-refractivity contribution >= 4 is 34.7 Å². The van der Waals surface area contributed by atoms with Crippen LogP contribution in [-0.4, -0.2) is 35.6 Å². The van der Waals surface area contributed by atoms with Crippen molar-refractivity contribution in [3.05, 3.63) is 40.0 Å². The molecular weight excluding hydrogens is 381 g/mol. The van der Waals surface area contributed by atoms with Crippen molar-refractivity contribution in [1.82, 2.24) is 5.06 Å². The third-order valence-electron chi connectivity index (χ3n) is 3.69. The van der Waals surface area contributed by atoms with Crippen LogP contribution in [0.25, 0.3) is 11.0 Å². The van der Waals surface area contributed by atoms with Gasteiger partial charge in [-0.05, 0) is 12.1 Å². The molecule has 1 aromatic carbocycles. The van der Waals surface area contributed by atoms with Gasteiger partial charge in [0, 0.05) is 25.8 Å². The van der Waals surface area contributed by atoms with Gasteiger partial charge in [0.1, 0.15) is 11.3 Å². The summed E-state index contributed by atoms with van der Waals surface area (Å²) in [6, 6.07) is 3.61. The third-order valence-corrected chi connectivity index (χ3v) is 3.69. The van der Waals surface area contributed by atoms with Crippen LogP contribution >= 0.6 is 0 Å². The molecule has 0 atom stereocenters. The molecule has 10 nitrogen and oxygen atoms in total. The molecule has 2 aromatic rings. The topological polar surface area (TPSA) is 129 Å². The number of imide groups is 1. The number of amides is 2. The molecule has 1 aromatic heterocycles. The largest absolute Gasteiger partial charge is 0.457 e. The molecule has 146 valence electrons. The summed E-state index contributed by atoms with van der Waals surface area (Å²) in [4.78, 5) is 62.4. The second kappa shape index (κ2) is 7.47. The minimum absolute atomic E-state index is 0.111. The number of carbonyl (C=O) groups excluding carboxylic acids is 4. The zero-order valence-corrected chi connectivity index (χ0v) is 14.4. The van der Waals surface area contributed by atoms with E-state index in [9.17, 15) is 28.4 Å². The second-order valence-corrected chi connectivity index (χ2v) is 5.60. The van der Waals surface area contributed by atoms with E-state index >= 15 is 0 Å². The Balaban J connectivity index is 1.89. The van der Waals surface area contributed by atoms with Crippen LogP contribution in [0, 0.1) is 5.82 Å². The Bertz CT molecular complexity index is 1040. The van der Waals surface area contributed by atoms with Crippen molar-refractivity contribution < 1.29 is 42.3 Å². The number of hydrogen-bond donors (Lipinski definition) is 0. The van der Waals surface area contributed by atoms with Crippen molar-refractivity contribution in [3.8, 4) is 5.75 Å². The number of carbonyl (C=O) groups is 4. The molecule has 2 heterocycles. The number of benzene rings is 1. The van der Waals surface area contributed by atoms with E-state index < -0.39 is 47.6 Å². The van der Waals surface area contributed by atoms with Crippen LogP contribution in [0.2, 0.25) is 0 Å². The molecule has 1 aliphatic heterocycles. The Hall–Kier alpha value is -3.76. The number of rotatable bonds is 5. The summed E-state index contributed by atoms with van der Waals surface area (Å²) in [5.74, 6) is -4.80. The van der Waals surface area contributed by atoms with E-state index in [2.05, 4.69) is 9.57 Å². The molecule has 1 aliphatic rings. The van der Waals surface area contributed by atoms with Crippen molar-refractivity contribution in [2.24, 2.45) is 0 Å². The van der Waals surface area contributed by atoms with Gasteiger partial charge in [0.15, 0.2) is 11.4 Å². The minimum atomic E-state index is -1.54. The summed E-state index contributed by atoms with van der Waals surface area (Å²) in [5.41, 5.74) is -2.70. The number of hydrogen-bond acceptors (Lipinski definition) is 9. The number of ether oxygens (including phenoxy) is 2. The van der Waals surface area contributed by atoms with E-state index in [0.717, 1.165) is 6.07 Å². The standard InChI is InChI=1S/C17H12FNO9/c1-8(20)25-7-26-9-2-3-10-11(6-9)27-16(23)14(15(10)18)17(24)28-19-12(21)4-5-13(19)22/h2-3,6H,4-5,7H2,1H3. The number of nitrogens with zero attached hydrogens (tertiary/aromatic N) is 1. The third kappa shape index (κ3) is 3.68. The Labute approximate surface area is 155 Å². The van der Waals surface area contributed by atoms with Gasteiger partial charge >= 0.3 is 17.6 Å². The molecule has 11 heteroatoms. The summed E-state index contributed by atoms with van der Waals surface area (Å²) >= 11 is 0. The highest BCUT2D eigenvalue weighted by molar-refractivity contribution is 6.03. The highest BCUT2D eigenvalue weighted by Gasteiger charge is 2.35. The Morgan fingerprint density at radius 3 is 2.50 bits per heavy atom. The van der Waals surface area contributed by atoms with E-state index in [-0.39, 0.29) is 34.6 Å². The molecule has 0 saturated carbocycles. The Kier molecular flexibility index (Phi) is 5.07. The first-order valence-electron chi connectivity index (χ1n) is 7.88. The lowest BCUT2D eigenvalue weighted by Crippen LogP contribution is -2.34. The average Bonchev–Trinajstić information content (AvgIpc) is 2.93. The maximum absolute atomic E-state index is 14.7. The molecular formula is C17H12FNO9. The SMILES string of the molecule is CC(=O)OCOc1ccc2c(F)c(C(=O)ON3C(=O)CCC3=O)c(=O)oc2c1. The number of hydroxylamine groups is 2. The van der Waals surface area contributed by atoms with Crippen LogP contribution in [0.1, 0.15) is 30.1 Å². The smallest absolute Gasteiger partial charge is 0.374 e. The van der Waals surface area contributed by atoms with Gasteiger partial charge in [-0.25, -0.2) is 14.0 Å². The summed E-state index contributed by atoms with van der Waals surface area (Å²) in [5, 5.41) is -0.0531. The zero-order valence-electron chi connectivity index (χ0n) is 14.4. The van der Waals surface area contributed by atoms with Crippen molar-refractivity contribution in [3.63, 3.8) is 0 Å². The fourth-order valence-corrected chi connectivity index (χ4v) is 2.37. The minimum Gasteiger partial charge on any atom is -0.457 e. The van der Waals surface area contributed by atoms with E-state index in [1.807, 2.05) is 0 Å². The van der Waals surface area contributed by atoms with Crippen LogP contribution in [0.15, 0.2) is 27.4 Å².